The SMILES string of the molecule is CCOC(=O)C[C@H](NO)c1cccs1. The average Bonchev–Trinajstić information content (AvgIpc) is 2.67. The number of hydroxylamine groups is 1. The summed E-state index contributed by atoms with van der Waals surface area (Å²) >= 11 is 1.49. The number of carbonyl (C=O) groups is 1. The molecular weight excluding hydrogens is 202 g/mol. The molecule has 1 rings (SSSR count). The highest BCUT2D eigenvalue weighted by molar-refractivity contribution is 7.10. The molecule has 0 aromatic carbocycles. The molecule has 0 aliphatic heterocycles. The molecule has 1 heterocycles. The van der Waals surface area contributed by atoms with E-state index in [9.17, 15) is 4.79 Å². The summed E-state index contributed by atoms with van der Waals surface area (Å²) in [5, 5.41) is 10.8. The number of esters is 1. The van der Waals surface area contributed by atoms with Crippen molar-refractivity contribution in [1.29, 1.82) is 0 Å². The van der Waals surface area contributed by atoms with E-state index in [1.807, 2.05) is 17.5 Å². The van der Waals surface area contributed by atoms with Crippen LogP contribution in [0.4, 0.5) is 0 Å². The second-order valence-electron chi connectivity index (χ2n) is 2.71. The van der Waals surface area contributed by atoms with Crippen molar-refractivity contribution in [1.82, 2.24) is 5.48 Å². The molecule has 1 aromatic heterocycles. The van der Waals surface area contributed by atoms with E-state index in [4.69, 9.17) is 9.94 Å². The number of ether oxygens (including phenoxy) is 1. The van der Waals surface area contributed by atoms with Gasteiger partial charge in [0, 0.05) is 4.88 Å². The molecule has 0 saturated heterocycles. The third-order valence-electron chi connectivity index (χ3n) is 1.72. The van der Waals surface area contributed by atoms with Crippen LogP contribution >= 0.6 is 11.3 Å². The third-order valence-corrected chi connectivity index (χ3v) is 2.70. The van der Waals surface area contributed by atoms with Crippen LogP contribution in [0.15, 0.2) is 17.5 Å². The zero-order valence-corrected chi connectivity index (χ0v) is 8.71. The van der Waals surface area contributed by atoms with Gasteiger partial charge in [-0.3, -0.25) is 4.79 Å². The molecule has 4 nitrogen and oxygen atoms in total. The quantitative estimate of drug-likeness (QED) is 0.580. The Labute approximate surface area is 86.5 Å². The summed E-state index contributed by atoms with van der Waals surface area (Å²) in [6.07, 6.45) is 0.144. The molecule has 0 fully saturated rings. The van der Waals surface area contributed by atoms with Crippen molar-refractivity contribution in [2.24, 2.45) is 0 Å². The first-order valence-electron chi connectivity index (χ1n) is 4.36. The third kappa shape index (κ3) is 3.10. The lowest BCUT2D eigenvalue weighted by molar-refractivity contribution is -0.144. The summed E-state index contributed by atoms with van der Waals surface area (Å²) in [4.78, 5) is 12.1. The maximum Gasteiger partial charge on any atom is 0.307 e. The van der Waals surface area contributed by atoms with E-state index >= 15 is 0 Å². The Morgan fingerprint density at radius 3 is 3.07 bits per heavy atom. The first kappa shape index (κ1) is 11.2. The van der Waals surface area contributed by atoms with E-state index in [0.717, 1.165) is 4.88 Å². The summed E-state index contributed by atoms with van der Waals surface area (Å²) < 4.78 is 4.79. The van der Waals surface area contributed by atoms with Gasteiger partial charge in [-0.1, -0.05) is 6.07 Å². The monoisotopic (exact) mass is 215 g/mol. The Bertz CT molecular complexity index is 274. The first-order valence-corrected chi connectivity index (χ1v) is 5.24. The predicted octanol–water partition coefficient (Wildman–Crippen LogP) is 1.72. The smallest absolute Gasteiger partial charge is 0.307 e. The molecule has 78 valence electrons. The van der Waals surface area contributed by atoms with Crippen molar-refractivity contribution in [2.45, 2.75) is 19.4 Å². The van der Waals surface area contributed by atoms with E-state index in [1.54, 1.807) is 6.92 Å². The van der Waals surface area contributed by atoms with Crippen LogP contribution in [0.1, 0.15) is 24.3 Å². The van der Waals surface area contributed by atoms with Gasteiger partial charge in [0.15, 0.2) is 0 Å². The Morgan fingerprint density at radius 2 is 2.57 bits per heavy atom. The van der Waals surface area contributed by atoms with Crippen LogP contribution < -0.4 is 5.48 Å². The van der Waals surface area contributed by atoms with Crippen LogP contribution in [-0.4, -0.2) is 17.8 Å². The summed E-state index contributed by atoms with van der Waals surface area (Å²) in [5.41, 5.74) is 2.10. The fourth-order valence-corrected chi connectivity index (χ4v) is 1.86. The van der Waals surface area contributed by atoms with Gasteiger partial charge < -0.3 is 9.94 Å². The van der Waals surface area contributed by atoms with E-state index in [-0.39, 0.29) is 18.4 Å². The number of carbonyl (C=O) groups excluding carboxylic acids is 1. The largest absolute Gasteiger partial charge is 0.466 e. The lowest BCUT2D eigenvalue weighted by Crippen LogP contribution is -2.20. The summed E-state index contributed by atoms with van der Waals surface area (Å²) in [5.74, 6) is -0.313. The molecule has 0 aliphatic carbocycles. The van der Waals surface area contributed by atoms with Gasteiger partial charge in [-0.2, -0.15) is 5.48 Å². The van der Waals surface area contributed by atoms with Crippen LogP contribution in [0, 0.1) is 0 Å². The summed E-state index contributed by atoms with van der Waals surface area (Å²) in [6, 6.07) is 3.36. The van der Waals surface area contributed by atoms with Gasteiger partial charge in [-0.25, -0.2) is 0 Å². The molecule has 14 heavy (non-hydrogen) atoms. The van der Waals surface area contributed by atoms with Gasteiger partial charge in [0.05, 0.1) is 19.1 Å². The molecule has 0 saturated carbocycles. The molecule has 2 N–H and O–H groups in total. The van der Waals surface area contributed by atoms with Crippen molar-refractivity contribution in [2.75, 3.05) is 6.61 Å². The molecule has 0 spiro atoms. The summed E-state index contributed by atoms with van der Waals surface area (Å²) in [7, 11) is 0. The minimum atomic E-state index is -0.367. The Kier molecular flexibility index (Phi) is 4.58. The zero-order chi connectivity index (χ0) is 10.4. The van der Waals surface area contributed by atoms with Gasteiger partial charge >= 0.3 is 5.97 Å². The lowest BCUT2D eigenvalue weighted by atomic mass is 10.2. The van der Waals surface area contributed by atoms with Crippen LogP contribution in [0.3, 0.4) is 0 Å². The van der Waals surface area contributed by atoms with E-state index in [2.05, 4.69) is 5.48 Å². The van der Waals surface area contributed by atoms with Gasteiger partial charge in [-0.15, -0.1) is 11.3 Å². The van der Waals surface area contributed by atoms with Crippen LogP contribution in [-0.2, 0) is 9.53 Å². The van der Waals surface area contributed by atoms with Crippen LogP contribution in [0.5, 0.6) is 0 Å². The number of hydrogen-bond acceptors (Lipinski definition) is 5. The zero-order valence-electron chi connectivity index (χ0n) is 7.90. The molecule has 0 amide bonds. The van der Waals surface area contributed by atoms with Crippen LogP contribution in [0.2, 0.25) is 0 Å². The predicted molar refractivity (Wildman–Crippen MR) is 53.2 cm³/mol. The molecule has 0 radical (unpaired) electrons. The van der Waals surface area contributed by atoms with Gasteiger partial charge in [0.1, 0.15) is 0 Å². The maximum absolute atomic E-state index is 11.1. The van der Waals surface area contributed by atoms with Crippen molar-refractivity contribution >= 4 is 17.3 Å². The van der Waals surface area contributed by atoms with Gasteiger partial charge in [0.2, 0.25) is 0 Å². The molecule has 0 bridgehead atoms. The molecule has 5 heteroatoms. The van der Waals surface area contributed by atoms with Crippen molar-refractivity contribution in [3.8, 4) is 0 Å². The second-order valence-corrected chi connectivity index (χ2v) is 3.69. The minimum Gasteiger partial charge on any atom is -0.466 e. The number of rotatable bonds is 5. The number of nitrogens with one attached hydrogen (secondary N) is 1. The molecule has 0 unspecified atom stereocenters. The summed E-state index contributed by atoms with van der Waals surface area (Å²) in [6.45, 7) is 2.12. The van der Waals surface area contributed by atoms with E-state index in [1.165, 1.54) is 11.3 Å². The van der Waals surface area contributed by atoms with Gasteiger partial charge in [0.25, 0.3) is 0 Å². The lowest BCUT2D eigenvalue weighted by Gasteiger charge is -2.11. The Hall–Kier alpha value is -0.910. The number of hydrogen-bond donors (Lipinski definition) is 2. The number of thiophene rings is 1. The highest BCUT2D eigenvalue weighted by Crippen LogP contribution is 2.21. The highest BCUT2D eigenvalue weighted by Gasteiger charge is 2.16. The van der Waals surface area contributed by atoms with Gasteiger partial charge in [-0.05, 0) is 18.4 Å². The minimum absolute atomic E-state index is 0.144. The first-order chi connectivity index (χ1) is 6.77. The normalized spacial score (nSPS) is 12.4. The maximum atomic E-state index is 11.1. The Morgan fingerprint density at radius 1 is 1.79 bits per heavy atom. The molecule has 1 aromatic rings. The van der Waals surface area contributed by atoms with E-state index in [0.29, 0.717) is 6.61 Å². The Balaban J connectivity index is 2.51. The van der Waals surface area contributed by atoms with Crippen molar-refractivity contribution in [3.63, 3.8) is 0 Å². The second kappa shape index (κ2) is 5.74. The van der Waals surface area contributed by atoms with E-state index < -0.39 is 0 Å². The molecule has 1 atom stereocenters. The van der Waals surface area contributed by atoms with Crippen molar-refractivity contribution in [3.05, 3.63) is 22.4 Å². The topological polar surface area (TPSA) is 58.6 Å². The standard InChI is InChI=1S/C9H13NO3S/c1-2-13-9(11)6-7(10-12)8-4-3-5-14-8/h3-5,7,10,12H,2,6H2,1H3/t7-/m0/s1. The molecular formula is C9H13NO3S. The highest BCUT2D eigenvalue weighted by atomic mass is 32.1. The van der Waals surface area contributed by atoms with Crippen molar-refractivity contribution < 1.29 is 14.7 Å². The fraction of sp³-hybridized carbons (Fsp3) is 0.444. The van der Waals surface area contributed by atoms with Crippen LogP contribution in [0.25, 0.3) is 0 Å². The fourth-order valence-electron chi connectivity index (χ4n) is 1.09. The molecule has 0 aliphatic rings. The average molecular weight is 215 g/mol.